The van der Waals surface area contributed by atoms with Crippen LogP contribution in [0.5, 0.6) is 5.75 Å². The molecule has 0 amide bonds. The van der Waals surface area contributed by atoms with Gasteiger partial charge >= 0.3 is 19.2 Å². The lowest BCUT2D eigenvalue weighted by Crippen LogP contribution is -2.47. The van der Waals surface area contributed by atoms with Crippen molar-refractivity contribution in [1.29, 1.82) is 0 Å². The summed E-state index contributed by atoms with van der Waals surface area (Å²) < 4.78 is 32.0. The van der Waals surface area contributed by atoms with Gasteiger partial charge in [-0.2, -0.15) is 4.89 Å². The monoisotopic (exact) mass is 498 g/mol. The maximum atomic E-state index is 13.9. The van der Waals surface area contributed by atoms with E-state index in [1.165, 1.54) is 19.1 Å². The Balaban J connectivity index is 2.32. The molecule has 0 bridgehead atoms. The summed E-state index contributed by atoms with van der Waals surface area (Å²) in [4.78, 5) is 28.2. The van der Waals surface area contributed by atoms with Crippen LogP contribution >= 0.6 is 8.03 Å². The average molecular weight is 499 g/mol. The molecule has 2 N–H and O–H groups in total. The molecule has 0 saturated carbocycles. The number of benzene rings is 2. The summed E-state index contributed by atoms with van der Waals surface area (Å²) in [5.74, 6) is -1.49. The van der Waals surface area contributed by atoms with Crippen LogP contribution in [-0.2, 0) is 9.36 Å². The SMILES string of the molecule is CCC(C(=O)Oc1c(-c2ccc(F)cc2C)cc(-c2ccccc2)nc1C(C)C)(C(C)O)[P+](=O)O. The maximum Gasteiger partial charge on any atom is 0.526 e. The minimum atomic E-state index is -3.11. The van der Waals surface area contributed by atoms with E-state index < -0.39 is 31.1 Å². The summed E-state index contributed by atoms with van der Waals surface area (Å²) in [5.41, 5.74) is 3.69. The van der Waals surface area contributed by atoms with Crippen LogP contribution in [0.4, 0.5) is 4.39 Å². The molecule has 1 heterocycles. The fourth-order valence-corrected chi connectivity index (χ4v) is 4.89. The quantitative estimate of drug-likeness (QED) is 0.285. The van der Waals surface area contributed by atoms with Crippen LogP contribution < -0.4 is 4.74 Å². The van der Waals surface area contributed by atoms with Crippen LogP contribution in [0.1, 0.15) is 51.3 Å². The number of aromatic nitrogens is 1. The molecule has 3 aromatic rings. The number of carbonyl (C=O) groups is 1. The lowest BCUT2D eigenvalue weighted by Gasteiger charge is -2.24. The standard InChI is InChI=1S/C27H29FNO5P/c1-6-27(18(5)30,35(32)33)26(31)34-25-22(21-13-12-20(28)14-17(21)4)15-23(29-24(25)16(2)3)19-10-8-7-9-11-19/h7-16,18,30H,6H2,1-5H3/p+1. The summed E-state index contributed by atoms with van der Waals surface area (Å²) in [6, 6.07) is 15.6. The van der Waals surface area contributed by atoms with Crippen molar-refractivity contribution in [3.8, 4) is 28.1 Å². The van der Waals surface area contributed by atoms with Crippen molar-refractivity contribution in [1.82, 2.24) is 4.98 Å². The molecule has 0 aliphatic heterocycles. The number of esters is 1. The van der Waals surface area contributed by atoms with Gasteiger partial charge < -0.3 is 9.84 Å². The molecule has 3 rings (SSSR count). The van der Waals surface area contributed by atoms with Gasteiger partial charge in [-0.25, -0.2) is 14.2 Å². The predicted molar refractivity (Wildman–Crippen MR) is 134 cm³/mol. The Morgan fingerprint density at radius 1 is 1.11 bits per heavy atom. The van der Waals surface area contributed by atoms with E-state index in [9.17, 15) is 23.7 Å². The van der Waals surface area contributed by atoms with Gasteiger partial charge in [0.25, 0.3) is 0 Å². The Labute approximate surface area is 205 Å². The summed E-state index contributed by atoms with van der Waals surface area (Å²) in [6.45, 7) is 8.37. The van der Waals surface area contributed by atoms with E-state index in [2.05, 4.69) is 0 Å². The van der Waals surface area contributed by atoms with Crippen molar-refractivity contribution in [3.63, 3.8) is 0 Å². The number of ether oxygens (including phenoxy) is 1. The van der Waals surface area contributed by atoms with Gasteiger partial charge in [0.1, 0.15) is 11.9 Å². The second-order valence-electron chi connectivity index (χ2n) is 8.87. The van der Waals surface area contributed by atoms with Crippen molar-refractivity contribution in [3.05, 3.63) is 71.7 Å². The van der Waals surface area contributed by atoms with Crippen molar-refractivity contribution in [2.24, 2.45) is 0 Å². The lowest BCUT2D eigenvalue weighted by molar-refractivity contribution is -0.140. The van der Waals surface area contributed by atoms with Crippen LogP contribution in [0.15, 0.2) is 54.6 Å². The first-order valence-corrected chi connectivity index (χ1v) is 12.7. The molecule has 6 nitrogen and oxygen atoms in total. The Hall–Kier alpha value is -2.99. The minimum absolute atomic E-state index is 0.105. The van der Waals surface area contributed by atoms with Crippen molar-refractivity contribution < 1.29 is 28.5 Å². The van der Waals surface area contributed by atoms with Gasteiger partial charge in [-0.15, -0.1) is 0 Å². The molecule has 0 aliphatic rings. The number of aryl methyl sites for hydroxylation is 1. The van der Waals surface area contributed by atoms with E-state index >= 15 is 0 Å². The van der Waals surface area contributed by atoms with Gasteiger partial charge in [0, 0.05) is 17.5 Å². The Morgan fingerprint density at radius 3 is 2.29 bits per heavy atom. The number of hydrogen-bond acceptors (Lipinski definition) is 5. The molecule has 3 unspecified atom stereocenters. The number of aliphatic hydroxyl groups is 1. The van der Waals surface area contributed by atoms with E-state index in [0.29, 0.717) is 28.1 Å². The van der Waals surface area contributed by atoms with Crippen molar-refractivity contribution in [2.45, 2.75) is 58.2 Å². The van der Waals surface area contributed by atoms with E-state index in [0.717, 1.165) is 5.56 Å². The summed E-state index contributed by atoms with van der Waals surface area (Å²) in [5, 5.41) is 8.31. The Kier molecular flexibility index (Phi) is 8.16. The summed E-state index contributed by atoms with van der Waals surface area (Å²) >= 11 is 0. The molecule has 35 heavy (non-hydrogen) atoms. The highest BCUT2D eigenvalue weighted by molar-refractivity contribution is 7.41. The molecule has 8 heteroatoms. The van der Waals surface area contributed by atoms with Gasteiger partial charge in [-0.1, -0.05) is 57.2 Å². The third kappa shape index (κ3) is 5.18. The van der Waals surface area contributed by atoms with E-state index in [1.807, 2.05) is 44.2 Å². The zero-order valence-electron chi connectivity index (χ0n) is 20.4. The van der Waals surface area contributed by atoms with Gasteiger partial charge in [-0.3, -0.25) is 0 Å². The van der Waals surface area contributed by atoms with Crippen LogP contribution in [-0.4, -0.2) is 32.2 Å². The number of rotatable bonds is 8. The maximum absolute atomic E-state index is 13.9. The average Bonchev–Trinajstić information content (AvgIpc) is 2.80. The molecule has 0 spiro atoms. The molecular formula is C27H30FNO5P+. The molecule has 0 saturated heterocycles. The largest absolute Gasteiger partial charge is 0.526 e. The third-order valence-electron chi connectivity index (χ3n) is 6.21. The fraction of sp³-hybridized carbons (Fsp3) is 0.333. The number of halogens is 1. The number of pyridine rings is 1. The summed E-state index contributed by atoms with van der Waals surface area (Å²) in [7, 11) is -3.11. The summed E-state index contributed by atoms with van der Waals surface area (Å²) in [6.07, 6.45) is -1.53. The third-order valence-corrected chi connectivity index (χ3v) is 7.77. The van der Waals surface area contributed by atoms with Gasteiger partial charge in [0.2, 0.25) is 0 Å². The molecule has 0 radical (unpaired) electrons. The molecule has 1 aromatic heterocycles. The second-order valence-corrected chi connectivity index (χ2v) is 10.2. The van der Waals surface area contributed by atoms with E-state index in [4.69, 9.17) is 9.72 Å². The zero-order valence-corrected chi connectivity index (χ0v) is 21.3. The zero-order chi connectivity index (χ0) is 25.9. The Morgan fingerprint density at radius 2 is 1.77 bits per heavy atom. The van der Waals surface area contributed by atoms with Crippen molar-refractivity contribution >= 4 is 14.0 Å². The number of aliphatic hydroxyl groups excluding tert-OH is 1. The molecule has 0 fully saturated rings. The highest BCUT2D eigenvalue weighted by Gasteiger charge is 2.61. The van der Waals surface area contributed by atoms with Gasteiger partial charge in [-0.05, 0) is 53.7 Å². The molecule has 0 aliphatic carbocycles. The second kappa shape index (κ2) is 10.7. The smallest absolute Gasteiger partial charge is 0.420 e. The van der Waals surface area contributed by atoms with E-state index in [-0.39, 0.29) is 18.1 Å². The van der Waals surface area contributed by atoms with Crippen LogP contribution in [0.25, 0.3) is 22.4 Å². The normalized spacial score (nSPS) is 14.4. The molecule has 184 valence electrons. The highest BCUT2D eigenvalue weighted by atomic mass is 31.1. The molecular weight excluding hydrogens is 468 g/mol. The van der Waals surface area contributed by atoms with Gasteiger partial charge in [0.15, 0.2) is 5.75 Å². The number of carbonyl (C=O) groups excluding carboxylic acids is 1. The predicted octanol–water partition coefficient (Wildman–Crippen LogP) is 6.16. The lowest BCUT2D eigenvalue weighted by atomic mass is 9.94. The number of hydrogen-bond donors (Lipinski definition) is 2. The fourth-order valence-electron chi connectivity index (χ4n) is 4.10. The first-order valence-electron chi connectivity index (χ1n) is 11.5. The Bertz CT molecular complexity index is 1250. The molecule has 3 atom stereocenters. The first kappa shape index (κ1) is 26.6. The molecule has 2 aromatic carbocycles. The van der Waals surface area contributed by atoms with Crippen LogP contribution in [0.2, 0.25) is 0 Å². The minimum Gasteiger partial charge on any atom is -0.420 e. The van der Waals surface area contributed by atoms with Crippen LogP contribution in [0, 0.1) is 12.7 Å². The topological polar surface area (TPSA) is 96.7 Å². The number of nitrogens with zero attached hydrogens (tertiary/aromatic N) is 1. The van der Waals surface area contributed by atoms with Crippen molar-refractivity contribution in [2.75, 3.05) is 0 Å². The van der Waals surface area contributed by atoms with E-state index in [1.54, 1.807) is 26.0 Å². The van der Waals surface area contributed by atoms with Crippen LogP contribution in [0.3, 0.4) is 0 Å². The first-order chi connectivity index (χ1) is 16.5. The van der Waals surface area contributed by atoms with Gasteiger partial charge in [0.05, 0.1) is 11.4 Å². The highest BCUT2D eigenvalue weighted by Crippen LogP contribution is 2.45.